The summed E-state index contributed by atoms with van der Waals surface area (Å²) in [7, 11) is 1.37. The Hall–Kier alpha value is -2.37. The molecule has 2 rings (SSSR count). The number of amides is 1. The molecule has 0 bridgehead atoms. The van der Waals surface area contributed by atoms with Gasteiger partial charge in [0.2, 0.25) is 5.91 Å². The van der Waals surface area contributed by atoms with Crippen molar-refractivity contribution in [1.82, 2.24) is 4.90 Å². The molecule has 112 valence electrons. The third kappa shape index (κ3) is 3.39. The monoisotopic (exact) mass is 293 g/mol. The molecule has 0 radical (unpaired) electrons. The number of nitrogens with zero attached hydrogens (tertiary/aromatic N) is 1. The lowest BCUT2D eigenvalue weighted by Crippen LogP contribution is -2.39. The van der Waals surface area contributed by atoms with Crippen molar-refractivity contribution >= 4 is 18.0 Å². The lowest BCUT2D eigenvalue weighted by Gasteiger charge is -2.19. The zero-order valence-electron chi connectivity index (χ0n) is 11.6. The molecule has 1 aliphatic rings. The maximum atomic E-state index is 13.5. The molecule has 1 amide bonds. The highest BCUT2D eigenvalue weighted by molar-refractivity contribution is 5.94. The van der Waals surface area contributed by atoms with Crippen LogP contribution in [0.5, 0.6) is 5.75 Å². The first-order valence-electron chi connectivity index (χ1n) is 6.58. The molecular weight excluding hydrogens is 277 g/mol. The molecule has 1 saturated heterocycles. The van der Waals surface area contributed by atoms with E-state index in [9.17, 15) is 14.0 Å². The van der Waals surface area contributed by atoms with E-state index in [-0.39, 0.29) is 11.7 Å². The number of halogens is 1. The Kier molecular flexibility index (Phi) is 4.57. The summed E-state index contributed by atoms with van der Waals surface area (Å²) in [4.78, 5) is 24.3. The van der Waals surface area contributed by atoms with Crippen molar-refractivity contribution in [3.05, 3.63) is 35.7 Å². The van der Waals surface area contributed by atoms with Crippen molar-refractivity contribution < 1.29 is 23.8 Å². The highest BCUT2D eigenvalue weighted by Gasteiger charge is 2.32. The summed E-state index contributed by atoms with van der Waals surface area (Å²) >= 11 is 0. The Morgan fingerprint density at radius 2 is 2.24 bits per heavy atom. The summed E-state index contributed by atoms with van der Waals surface area (Å²) in [6.07, 6.45) is 3.87. The molecule has 1 aliphatic heterocycles. The van der Waals surface area contributed by atoms with Gasteiger partial charge in [-0.1, -0.05) is 6.07 Å². The van der Waals surface area contributed by atoms with Crippen LogP contribution in [-0.2, 0) is 9.59 Å². The number of likely N-dealkylation sites (tertiary alicyclic amines) is 1. The number of carbonyl (C=O) groups is 2. The van der Waals surface area contributed by atoms with Crippen LogP contribution in [-0.4, -0.2) is 41.6 Å². The van der Waals surface area contributed by atoms with Crippen LogP contribution in [0.25, 0.3) is 6.08 Å². The van der Waals surface area contributed by atoms with Gasteiger partial charge in [-0.2, -0.15) is 0 Å². The zero-order valence-corrected chi connectivity index (χ0v) is 11.6. The number of rotatable bonds is 4. The zero-order chi connectivity index (χ0) is 15.4. The van der Waals surface area contributed by atoms with E-state index in [2.05, 4.69) is 0 Å². The van der Waals surface area contributed by atoms with Crippen molar-refractivity contribution in [2.45, 2.75) is 18.9 Å². The van der Waals surface area contributed by atoms with Crippen LogP contribution in [0.15, 0.2) is 24.3 Å². The van der Waals surface area contributed by atoms with Crippen LogP contribution < -0.4 is 4.74 Å². The van der Waals surface area contributed by atoms with Gasteiger partial charge in [-0.05, 0) is 36.6 Å². The molecule has 1 atom stereocenters. The minimum atomic E-state index is -0.996. The molecule has 1 unspecified atom stereocenters. The predicted molar refractivity (Wildman–Crippen MR) is 74.4 cm³/mol. The minimum Gasteiger partial charge on any atom is -0.494 e. The average Bonchev–Trinajstić information content (AvgIpc) is 2.94. The molecular formula is C15H16FNO4. The third-order valence-electron chi connectivity index (χ3n) is 3.42. The number of methoxy groups -OCH3 is 1. The topological polar surface area (TPSA) is 66.8 Å². The largest absolute Gasteiger partial charge is 0.494 e. The number of aliphatic carboxylic acids is 1. The Balaban J connectivity index is 2.08. The fourth-order valence-electron chi connectivity index (χ4n) is 2.34. The van der Waals surface area contributed by atoms with Crippen LogP contribution in [0.1, 0.15) is 18.4 Å². The summed E-state index contributed by atoms with van der Waals surface area (Å²) in [5, 5.41) is 9.03. The Morgan fingerprint density at radius 1 is 1.48 bits per heavy atom. The smallest absolute Gasteiger partial charge is 0.326 e. The van der Waals surface area contributed by atoms with Gasteiger partial charge in [-0.15, -0.1) is 0 Å². The Labute approximate surface area is 121 Å². The average molecular weight is 293 g/mol. The van der Waals surface area contributed by atoms with Crippen molar-refractivity contribution in [1.29, 1.82) is 0 Å². The first-order chi connectivity index (χ1) is 10.0. The van der Waals surface area contributed by atoms with Crippen molar-refractivity contribution in [2.24, 2.45) is 0 Å². The summed E-state index contributed by atoms with van der Waals surface area (Å²) in [6.45, 7) is 0.428. The van der Waals surface area contributed by atoms with Crippen molar-refractivity contribution in [2.75, 3.05) is 13.7 Å². The maximum Gasteiger partial charge on any atom is 0.326 e. The van der Waals surface area contributed by atoms with Crippen molar-refractivity contribution in [3.63, 3.8) is 0 Å². The summed E-state index contributed by atoms with van der Waals surface area (Å²) in [5.74, 6) is -1.76. The van der Waals surface area contributed by atoms with Crippen molar-refractivity contribution in [3.8, 4) is 5.75 Å². The van der Waals surface area contributed by atoms with E-state index in [0.29, 0.717) is 24.9 Å². The number of ether oxygens (including phenoxy) is 1. The predicted octanol–water partition coefficient (Wildman–Crippen LogP) is 1.92. The molecule has 1 fully saturated rings. The molecule has 1 heterocycles. The molecule has 1 aromatic carbocycles. The summed E-state index contributed by atoms with van der Waals surface area (Å²) < 4.78 is 18.3. The molecule has 21 heavy (non-hydrogen) atoms. The van der Waals surface area contributed by atoms with Crippen LogP contribution in [0.3, 0.4) is 0 Å². The lowest BCUT2D eigenvalue weighted by molar-refractivity contribution is -0.146. The van der Waals surface area contributed by atoms with Gasteiger partial charge >= 0.3 is 5.97 Å². The first kappa shape index (κ1) is 15.0. The SMILES string of the molecule is COc1ccc(/C=C/C(=O)N2CCCC2C(=O)O)cc1F. The standard InChI is InChI=1S/C15H16FNO4/c1-21-13-6-4-10(9-11(13)16)5-7-14(18)17-8-2-3-12(17)15(19)20/h4-7,9,12H,2-3,8H2,1H3,(H,19,20)/b7-5+. The molecule has 5 nitrogen and oxygen atoms in total. The number of benzene rings is 1. The number of carboxylic acids is 1. The van der Waals surface area contributed by atoms with Crippen LogP contribution in [0.2, 0.25) is 0 Å². The van der Waals surface area contributed by atoms with Gasteiger partial charge < -0.3 is 14.7 Å². The first-order valence-corrected chi connectivity index (χ1v) is 6.58. The number of carboxylic acid groups (broad SMARTS) is 1. The normalized spacial score (nSPS) is 18.2. The number of hydrogen-bond donors (Lipinski definition) is 1. The van der Waals surface area contributed by atoms with Gasteiger partial charge in [0.1, 0.15) is 6.04 Å². The van der Waals surface area contributed by atoms with Gasteiger partial charge in [0.05, 0.1) is 7.11 Å². The van der Waals surface area contributed by atoms with E-state index in [0.717, 1.165) is 0 Å². The summed E-state index contributed by atoms with van der Waals surface area (Å²) in [6, 6.07) is 3.57. The number of hydrogen-bond acceptors (Lipinski definition) is 3. The Bertz CT molecular complexity index is 585. The van der Waals surface area contributed by atoms with Crippen LogP contribution in [0.4, 0.5) is 4.39 Å². The molecule has 0 aliphatic carbocycles. The van der Waals surface area contributed by atoms with E-state index in [4.69, 9.17) is 9.84 Å². The second kappa shape index (κ2) is 6.39. The van der Waals surface area contributed by atoms with Gasteiger partial charge in [-0.25, -0.2) is 9.18 Å². The molecule has 0 saturated carbocycles. The molecule has 6 heteroatoms. The summed E-state index contributed by atoms with van der Waals surface area (Å²) in [5.41, 5.74) is 0.507. The minimum absolute atomic E-state index is 0.129. The van der Waals surface area contributed by atoms with E-state index in [1.165, 1.54) is 36.3 Å². The second-order valence-corrected chi connectivity index (χ2v) is 4.76. The van der Waals surface area contributed by atoms with Gasteiger partial charge in [0.25, 0.3) is 0 Å². The second-order valence-electron chi connectivity index (χ2n) is 4.76. The quantitative estimate of drug-likeness (QED) is 0.861. The lowest BCUT2D eigenvalue weighted by atomic mass is 10.2. The van der Waals surface area contributed by atoms with E-state index < -0.39 is 17.8 Å². The fourth-order valence-corrected chi connectivity index (χ4v) is 2.34. The van der Waals surface area contributed by atoms with Crippen LogP contribution in [0, 0.1) is 5.82 Å². The van der Waals surface area contributed by atoms with Gasteiger partial charge in [0, 0.05) is 12.6 Å². The van der Waals surface area contributed by atoms with E-state index in [1.54, 1.807) is 6.07 Å². The van der Waals surface area contributed by atoms with E-state index >= 15 is 0 Å². The van der Waals surface area contributed by atoms with Crippen LogP contribution >= 0.6 is 0 Å². The molecule has 1 N–H and O–H groups in total. The number of carbonyl (C=O) groups excluding carboxylic acids is 1. The molecule has 1 aromatic rings. The highest BCUT2D eigenvalue weighted by Crippen LogP contribution is 2.20. The molecule has 0 spiro atoms. The highest BCUT2D eigenvalue weighted by atomic mass is 19.1. The molecule has 0 aromatic heterocycles. The van der Waals surface area contributed by atoms with Gasteiger partial charge in [0.15, 0.2) is 11.6 Å². The third-order valence-corrected chi connectivity index (χ3v) is 3.42. The Morgan fingerprint density at radius 3 is 2.86 bits per heavy atom. The fraction of sp³-hybridized carbons (Fsp3) is 0.333. The maximum absolute atomic E-state index is 13.5. The van der Waals surface area contributed by atoms with E-state index in [1.807, 2.05) is 0 Å². The van der Waals surface area contributed by atoms with Gasteiger partial charge in [-0.3, -0.25) is 4.79 Å².